The number of rotatable bonds is 6. The standard InChI is InChI=1S/C14H26N4S.HI/c1-6-7-10-18(5)14(15-4)16-9-8-13-11(2)17-12(3)19-13;/h6-10H2,1-5H3,(H,15,16);1H. The van der Waals surface area contributed by atoms with Gasteiger partial charge in [0.05, 0.1) is 10.7 Å². The van der Waals surface area contributed by atoms with Gasteiger partial charge in [-0.1, -0.05) is 13.3 Å². The van der Waals surface area contributed by atoms with Crippen molar-refractivity contribution in [3.8, 4) is 0 Å². The third-order valence-corrected chi connectivity index (χ3v) is 4.19. The van der Waals surface area contributed by atoms with Crippen LogP contribution < -0.4 is 5.32 Å². The molecule has 0 saturated heterocycles. The molecule has 0 spiro atoms. The van der Waals surface area contributed by atoms with Crippen LogP contribution in [0.4, 0.5) is 0 Å². The van der Waals surface area contributed by atoms with Crippen LogP contribution in [-0.4, -0.2) is 43.0 Å². The molecular formula is C14H27IN4S. The van der Waals surface area contributed by atoms with Crippen LogP contribution in [0, 0.1) is 13.8 Å². The van der Waals surface area contributed by atoms with Crippen molar-refractivity contribution >= 4 is 41.3 Å². The Labute approximate surface area is 144 Å². The number of aryl methyl sites for hydroxylation is 2. The van der Waals surface area contributed by atoms with Crippen molar-refractivity contribution in [2.45, 2.75) is 40.0 Å². The van der Waals surface area contributed by atoms with E-state index in [0.717, 1.165) is 30.5 Å². The molecule has 4 nitrogen and oxygen atoms in total. The van der Waals surface area contributed by atoms with Gasteiger partial charge >= 0.3 is 0 Å². The predicted octanol–water partition coefficient (Wildman–Crippen LogP) is 3.23. The Bertz CT molecular complexity index is 417. The fourth-order valence-corrected chi connectivity index (χ4v) is 2.92. The first-order valence-electron chi connectivity index (χ1n) is 6.93. The molecule has 0 unspecified atom stereocenters. The molecule has 1 heterocycles. The van der Waals surface area contributed by atoms with E-state index in [0.29, 0.717) is 0 Å². The van der Waals surface area contributed by atoms with E-state index in [1.54, 1.807) is 11.3 Å². The maximum Gasteiger partial charge on any atom is 0.193 e. The summed E-state index contributed by atoms with van der Waals surface area (Å²) >= 11 is 1.79. The molecule has 0 fully saturated rings. The smallest absolute Gasteiger partial charge is 0.193 e. The molecule has 0 aliphatic carbocycles. The molecule has 6 heteroatoms. The highest BCUT2D eigenvalue weighted by atomic mass is 127. The Hall–Kier alpha value is -0.370. The van der Waals surface area contributed by atoms with Gasteiger partial charge in [-0.25, -0.2) is 4.98 Å². The van der Waals surface area contributed by atoms with Crippen LogP contribution in [0.2, 0.25) is 0 Å². The third kappa shape index (κ3) is 6.39. The summed E-state index contributed by atoms with van der Waals surface area (Å²) in [5, 5.41) is 4.57. The second-order valence-electron chi connectivity index (χ2n) is 4.74. The van der Waals surface area contributed by atoms with Crippen LogP contribution in [0.25, 0.3) is 0 Å². The summed E-state index contributed by atoms with van der Waals surface area (Å²) in [6.45, 7) is 8.31. The van der Waals surface area contributed by atoms with Crippen LogP contribution in [0.3, 0.4) is 0 Å². The second-order valence-corrected chi connectivity index (χ2v) is 6.03. The lowest BCUT2D eigenvalue weighted by molar-refractivity contribution is 0.465. The van der Waals surface area contributed by atoms with E-state index in [-0.39, 0.29) is 24.0 Å². The molecule has 0 amide bonds. The van der Waals surface area contributed by atoms with Gasteiger partial charge in [-0.05, 0) is 20.3 Å². The summed E-state index contributed by atoms with van der Waals surface area (Å²) in [6.07, 6.45) is 3.42. The molecule has 116 valence electrons. The van der Waals surface area contributed by atoms with Gasteiger partial charge < -0.3 is 10.2 Å². The number of unbranched alkanes of at least 4 members (excludes halogenated alkanes) is 1. The quantitative estimate of drug-likeness (QED) is 0.445. The maximum atomic E-state index is 4.45. The summed E-state index contributed by atoms with van der Waals surface area (Å²) in [7, 11) is 3.93. The number of guanidine groups is 1. The maximum absolute atomic E-state index is 4.45. The van der Waals surface area contributed by atoms with Gasteiger partial charge in [0.15, 0.2) is 5.96 Å². The van der Waals surface area contributed by atoms with Gasteiger partial charge in [0, 0.05) is 38.5 Å². The zero-order valence-corrected chi connectivity index (χ0v) is 16.3. The van der Waals surface area contributed by atoms with Crippen LogP contribution in [0.1, 0.15) is 35.3 Å². The molecule has 1 N–H and O–H groups in total. The highest BCUT2D eigenvalue weighted by Crippen LogP contribution is 2.17. The lowest BCUT2D eigenvalue weighted by atomic mass is 10.3. The predicted molar refractivity (Wildman–Crippen MR) is 99.6 cm³/mol. The first kappa shape index (κ1) is 19.6. The Morgan fingerprint density at radius 1 is 1.40 bits per heavy atom. The van der Waals surface area contributed by atoms with Crippen LogP contribution in [-0.2, 0) is 6.42 Å². The van der Waals surface area contributed by atoms with E-state index in [1.165, 1.54) is 23.4 Å². The van der Waals surface area contributed by atoms with Gasteiger partial charge in [0.1, 0.15) is 0 Å². The first-order valence-corrected chi connectivity index (χ1v) is 7.74. The van der Waals surface area contributed by atoms with Crippen molar-refractivity contribution in [2.24, 2.45) is 4.99 Å². The molecule has 1 aromatic heterocycles. The molecule has 0 bridgehead atoms. The number of nitrogens with zero attached hydrogens (tertiary/aromatic N) is 3. The number of thiazole rings is 1. The first-order chi connectivity index (χ1) is 9.08. The minimum atomic E-state index is 0. The van der Waals surface area contributed by atoms with Gasteiger partial charge in [-0.2, -0.15) is 0 Å². The summed E-state index contributed by atoms with van der Waals surface area (Å²) in [5.74, 6) is 0.979. The highest BCUT2D eigenvalue weighted by Gasteiger charge is 2.07. The molecule has 0 aliphatic rings. The van der Waals surface area contributed by atoms with E-state index in [1.807, 2.05) is 7.05 Å². The van der Waals surface area contributed by atoms with E-state index >= 15 is 0 Å². The minimum absolute atomic E-state index is 0. The molecule has 1 rings (SSSR count). The number of aliphatic imine (C=N–C) groups is 1. The van der Waals surface area contributed by atoms with E-state index in [9.17, 15) is 0 Å². The molecular weight excluding hydrogens is 383 g/mol. The molecule has 0 radical (unpaired) electrons. The highest BCUT2D eigenvalue weighted by molar-refractivity contribution is 14.0. The number of aromatic nitrogens is 1. The van der Waals surface area contributed by atoms with Crippen molar-refractivity contribution in [2.75, 3.05) is 27.2 Å². The summed E-state index contributed by atoms with van der Waals surface area (Å²) < 4.78 is 0. The zero-order chi connectivity index (χ0) is 14.3. The summed E-state index contributed by atoms with van der Waals surface area (Å²) in [5.41, 5.74) is 1.17. The number of nitrogens with one attached hydrogen (secondary N) is 1. The fourth-order valence-electron chi connectivity index (χ4n) is 1.98. The van der Waals surface area contributed by atoms with Crippen LogP contribution in [0.15, 0.2) is 4.99 Å². The van der Waals surface area contributed by atoms with Gasteiger partial charge in [0.2, 0.25) is 0 Å². The lowest BCUT2D eigenvalue weighted by Gasteiger charge is -2.21. The fraction of sp³-hybridized carbons (Fsp3) is 0.714. The summed E-state index contributed by atoms with van der Waals surface area (Å²) in [6, 6.07) is 0. The number of hydrogen-bond donors (Lipinski definition) is 1. The van der Waals surface area contributed by atoms with Crippen LogP contribution in [0.5, 0.6) is 0 Å². The van der Waals surface area contributed by atoms with E-state index in [4.69, 9.17) is 0 Å². The van der Waals surface area contributed by atoms with Gasteiger partial charge in [-0.3, -0.25) is 4.99 Å². The average molecular weight is 410 g/mol. The van der Waals surface area contributed by atoms with Crippen molar-refractivity contribution in [1.82, 2.24) is 15.2 Å². The van der Waals surface area contributed by atoms with Crippen molar-refractivity contribution in [3.05, 3.63) is 15.6 Å². The van der Waals surface area contributed by atoms with Crippen LogP contribution >= 0.6 is 35.3 Å². The number of halogens is 1. The molecule has 0 aromatic carbocycles. The van der Waals surface area contributed by atoms with E-state index in [2.05, 4.69) is 48.0 Å². The largest absolute Gasteiger partial charge is 0.356 e. The normalized spacial score (nSPS) is 11.2. The average Bonchev–Trinajstić information content (AvgIpc) is 2.70. The summed E-state index contributed by atoms with van der Waals surface area (Å²) in [4.78, 5) is 12.3. The van der Waals surface area contributed by atoms with Crippen molar-refractivity contribution < 1.29 is 0 Å². The molecule has 20 heavy (non-hydrogen) atoms. The molecule has 0 atom stereocenters. The second kappa shape index (κ2) is 10.4. The Morgan fingerprint density at radius 3 is 2.60 bits per heavy atom. The monoisotopic (exact) mass is 410 g/mol. The Balaban J connectivity index is 0.00000361. The molecule has 0 saturated carbocycles. The van der Waals surface area contributed by atoms with Crippen molar-refractivity contribution in [3.63, 3.8) is 0 Å². The topological polar surface area (TPSA) is 40.5 Å². The van der Waals surface area contributed by atoms with Crippen molar-refractivity contribution in [1.29, 1.82) is 0 Å². The van der Waals surface area contributed by atoms with E-state index < -0.39 is 0 Å². The van der Waals surface area contributed by atoms with Gasteiger partial charge in [-0.15, -0.1) is 35.3 Å². The Kier molecular flexibility index (Phi) is 10.2. The SMILES string of the molecule is CCCCN(C)C(=NC)NCCc1sc(C)nc1C.I. The van der Waals surface area contributed by atoms with Gasteiger partial charge in [0.25, 0.3) is 0 Å². The molecule has 0 aliphatic heterocycles. The Morgan fingerprint density at radius 2 is 2.10 bits per heavy atom. The lowest BCUT2D eigenvalue weighted by Crippen LogP contribution is -2.40. The third-order valence-electron chi connectivity index (χ3n) is 3.06. The number of hydrogen-bond acceptors (Lipinski definition) is 3. The zero-order valence-electron chi connectivity index (χ0n) is 13.2. The minimum Gasteiger partial charge on any atom is -0.356 e. The molecule has 1 aromatic rings.